The second-order valence-corrected chi connectivity index (χ2v) is 6.67. The van der Waals surface area contributed by atoms with Crippen LogP contribution in [0.2, 0.25) is 5.02 Å². The van der Waals surface area contributed by atoms with Crippen molar-refractivity contribution in [3.8, 4) is 0 Å². The summed E-state index contributed by atoms with van der Waals surface area (Å²) in [6.45, 7) is 6.92. The average Bonchev–Trinajstić information content (AvgIpc) is 2.39. The van der Waals surface area contributed by atoms with Crippen LogP contribution in [-0.2, 0) is 0 Å². The monoisotopic (exact) mass is 279 g/mol. The van der Waals surface area contributed by atoms with Crippen LogP contribution < -0.4 is 5.32 Å². The topological polar surface area (TPSA) is 12.0 Å². The first-order valence-corrected chi connectivity index (χ1v) is 7.96. The van der Waals surface area contributed by atoms with Gasteiger partial charge in [-0.05, 0) is 56.1 Å². The molecule has 1 aliphatic rings. The van der Waals surface area contributed by atoms with Crippen LogP contribution in [0, 0.1) is 11.8 Å². The van der Waals surface area contributed by atoms with Crippen molar-refractivity contribution in [1.82, 2.24) is 5.32 Å². The predicted molar refractivity (Wildman–Crippen MR) is 83.6 cm³/mol. The predicted octanol–water partition coefficient (Wildman–Crippen LogP) is 5.21. The lowest BCUT2D eigenvalue weighted by atomic mass is 9.79. The molecule has 1 aromatic rings. The van der Waals surface area contributed by atoms with E-state index in [1.807, 2.05) is 12.1 Å². The normalized spacial score (nSPS) is 25.5. The van der Waals surface area contributed by atoms with Gasteiger partial charge >= 0.3 is 0 Å². The molecule has 1 nitrogen and oxygen atoms in total. The van der Waals surface area contributed by atoms with Gasteiger partial charge in [-0.1, -0.05) is 43.6 Å². The minimum absolute atomic E-state index is 0.342. The van der Waals surface area contributed by atoms with E-state index in [9.17, 15) is 0 Å². The molecule has 1 fully saturated rings. The van der Waals surface area contributed by atoms with E-state index in [2.05, 4.69) is 38.2 Å². The van der Waals surface area contributed by atoms with Gasteiger partial charge < -0.3 is 5.32 Å². The van der Waals surface area contributed by atoms with Gasteiger partial charge in [0.05, 0.1) is 0 Å². The first-order valence-electron chi connectivity index (χ1n) is 7.58. The van der Waals surface area contributed by atoms with E-state index in [1.165, 1.54) is 31.2 Å². The van der Waals surface area contributed by atoms with Gasteiger partial charge in [0.1, 0.15) is 0 Å². The van der Waals surface area contributed by atoms with E-state index in [4.69, 9.17) is 11.6 Å². The lowest BCUT2D eigenvalue weighted by molar-refractivity contribution is 0.231. The molecule has 0 heterocycles. The third-order valence-electron chi connectivity index (χ3n) is 4.57. The van der Waals surface area contributed by atoms with Crippen molar-refractivity contribution in [2.75, 3.05) is 0 Å². The molecule has 0 unspecified atom stereocenters. The number of rotatable bonds is 4. The Morgan fingerprint density at radius 2 is 1.68 bits per heavy atom. The summed E-state index contributed by atoms with van der Waals surface area (Å²) in [6, 6.07) is 9.15. The molecule has 19 heavy (non-hydrogen) atoms. The Kier molecular flexibility index (Phi) is 5.29. The number of nitrogens with one attached hydrogen (secondary N) is 1. The molecule has 1 aromatic carbocycles. The molecule has 0 saturated heterocycles. The number of benzene rings is 1. The zero-order valence-corrected chi connectivity index (χ0v) is 13.1. The Hall–Kier alpha value is -0.530. The van der Waals surface area contributed by atoms with Crippen molar-refractivity contribution in [3.63, 3.8) is 0 Å². The lowest BCUT2D eigenvalue weighted by Gasteiger charge is -2.33. The molecule has 1 N–H and O–H groups in total. The van der Waals surface area contributed by atoms with Gasteiger partial charge in [-0.15, -0.1) is 0 Å². The minimum atomic E-state index is 0.342. The van der Waals surface area contributed by atoms with Gasteiger partial charge in [-0.3, -0.25) is 0 Å². The van der Waals surface area contributed by atoms with Crippen LogP contribution in [-0.4, -0.2) is 6.04 Å². The Labute approximate surface area is 122 Å². The maximum absolute atomic E-state index is 6.26. The van der Waals surface area contributed by atoms with E-state index in [0.29, 0.717) is 12.1 Å². The van der Waals surface area contributed by atoms with Crippen LogP contribution in [0.5, 0.6) is 0 Å². The van der Waals surface area contributed by atoms with Gasteiger partial charge in [0, 0.05) is 17.1 Å². The Morgan fingerprint density at radius 3 is 2.26 bits per heavy atom. The van der Waals surface area contributed by atoms with E-state index >= 15 is 0 Å². The SMILES string of the molecule is CC(C)C1CCC(N[C@H](C)c2ccccc2Cl)CC1. The van der Waals surface area contributed by atoms with Gasteiger partial charge in [0.2, 0.25) is 0 Å². The van der Waals surface area contributed by atoms with Crippen molar-refractivity contribution < 1.29 is 0 Å². The standard InChI is InChI=1S/C17H26ClN/c1-12(2)14-8-10-15(11-9-14)19-13(3)16-6-4-5-7-17(16)18/h4-7,12-15,19H,8-11H2,1-3H3/t13-,14?,15?/m1/s1. The molecular weight excluding hydrogens is 254 g/mol. The fraction of sp³-hybridized carbons (Fsp3) is 0.647. The molecule has 0 amide bonds. The Balaban J connectivity index is 1.87. The molecule has 0 aromatic heterocycles. The molecule has 0 bridgehead atoms. The summed E-state index contributed by atoms with van der Waals surface area (Å²) in [5, 5.41) is 4.62. The number of hydrogen-bond acceptors (Lipinski definition) is 1. The van der Waals surface area contributed by atoms with Crippen molar-refractivity contribution in [3.05, 3.63) is 34.9 Å². The molecule has 1 aliphatic carbocycles. The summed E-state index contributed by atoms with van der Waals surface area (Å²) in [6.07, 6.45) is 5.34. The maximum atomic E-state index is 6.26. The van der Waals surface area contributed by atoms with E-state index in [0.717, 1.165) is 16.9 Å². The highest BCUT2D eigenvalue weighted by Gasteiger charge is 2.24. The molecule has 0 radical (unpaired) electrons. The fourth-order valence-electron chi connectivity index (χ4n) is 3.22. The zero-order chi connectivity index (χ0) is 13.8. The van der Waals surface area contributed by atoms with Gasteiger partial charge in [0.15, 0.2) is 0 Å². The van der Waals surface area contributed by atoms with Crippen molar-refractivity contribution in [2.45, 2.75) is 58.5 Å². The molecule has 2 heteroatoms. The largest absolute Gasteiger partial charge is 0.307 e. The average molecular weight is 280 g/mol. The first kappa shape index (κ1) is 14.9. The molecule has 106 valence electrons. The van der Waals surface area contributed by atoms with Crippen LogP contribution in [0.4, 0.5) is 0 Å². The summed E-state index contributed by atoms with van der Waals surface area (Å²) in [5.41, 5.74) is 1.22. The highest BCUT2D eigenvalue weighted by molar-refractivity contribution is 6.31. The zero-order valence-electron chi connectivity index (χ0n) is 12.3. The van der Waals surface area contributed by atoms with E-state index < -0.39 is 0 Å². The number of halogens is 1. The second-order valence-electron chi connectivity index (χ2n) is 6.27. The third-order valence-corrected chi connectivity index (χ3v) is 4.92. The summed E-state index contributed by atoms with van der Waals surface area (Å²) < 4.78 is 0. The molecule has 2 rings (SSSR count). The van der Waals surface area contributed by atoms with Gasteiger partial charge in [-0.25, -0.2) is 0 Å². The Morgan fingerprint density at radius 1 is 1.05 bits per heavy atom. The summed E-state index contributed by atoms with van der Waals surface area (Å²) in [7, 11) is 0. The van der Waals surface area contributed by atoms with Crippen LogP contribution in [0.25, 0.3) is 0 Å². The second kappa shape index (κ2) is 6.76. The fourth-order valence-corrected chi connectivity index (χ4v) is 3.52. The quantitative estimate of drug-likeness (QED) is 0.798. The third kappa shape index (κ3) is 3.97. The summed E-state index contributed by atoms with van der Waals surface area (Å²) in [5.74, 6) is 1.76. The van der Waals surface area contributed by atoms with Crippen LogP contribution >= 0.6 is 11.6 Å². The van der Waals surface area contributed by atoms with Crippen LogP contribution in [0.1, 0.15) is 58.1 Å². The molecular formula is C17H26ClN. The minimum Gasteiger partial charge on any atom is -0.307 e. The molecule has 0 aliphatic heterocycles. The summed E-state index contributed by atoms with van der Waals surface area (Å²) in [4.78, 5) is 0. The highest BCUT2D eigenvalue weighted by atomic mass is 35.5. The summed E-state index contributed by atoms with van der Waals surface area (Å²) >= 11 is 6.26. The van der Waals surface area contributed by atoms with Crippen molar-refractivity contribution >= 4 is 11.6 Å². The van der Waals surface area contributed by atoms with Crippen LogP contribution in [0.15, 0.2) is 24.3 Å². The molecule has 1 atom stereocenters. The smallest absolute Gasteiger partial charge is 0.0453 e. The van der Waals surface area contributed by atoms with Gasteiger partial charge in [-0.2, -0.15) is 0 Å². The highest BCUT2D eigenvalue weighted by Crippen LogP contribution is 2.31. The van der Waals surface area contributed by atoms with Gasteiger partial charge in [0.25, 0.3) is 0 Å². The van der Waals surface area contributed by atoms with Crippen molar-refractivity contribution in [1.29, 1.82) is 0 Å². The first-order chi connectivity index (χ1) is 9.08. The molecule has 1 saturated carbocycles. The van der Waals surface area contributed by atoms with Crippen molar-refractivity contribution in [2.24, 2.45) is 11.8 Å². The van der Waals surface area contributed by atoms with Crippen LogP contribution in [0.3, 0.4) is 0 Å². The molecule has 0 spiro atoms. The number of hydrogen-bond donors (Lipinski definition) is 1. The Bertz CT molecular complexity index is 394. The van der Waals surface area contributed by atoms with E-state index in [-0.39, 0.29) is 0 Å². The lowest BCUT2D eigenvalue weighted by Crippen LogP contribution is -2.35. The van der Waals surface area contributed by atoms with E-state index in [1.54, 1.807) is 0 Å². The maximum Gasteiger partial charge on any atom is 0.0453 e.